The molecule has 0 saturated heterocycles. The van der Waals surface area contributed by atoms with E-state index in [0.717, 1.165) is 31.5 Å². The van der Waals surface area contributed by atoms with Gasteiger partial charge in [0.15, 0.2) is 0 Å². The molecule has 1 aliphatic carbocycles. The number of amides is 1. The lowest BCUT2D eigenvalue weighted by atomic mass is 9.96. The Morgan fingerprint density at radius 3 is 2.85 bits per heavy atom. The van der Waals surface area contributed by atoms with E-state index in [1.807, 2.05) is 6.07 Å². The van der Waals surface area contributed by atoms with Gasteiger partial charge in [0.25, 0.3) is 5.91 Å². The van der Waals surface area contributed by atoms with Crippen molar-refractivity contribution >= 4 is 5.91 Å². The van der Waals surface area contributed by atoms with Crippen LogP contribution in [0.1, 0.15) is 48.2 Å². The van der Waals surface area contributed by atoms with Crippen LogP contribution in [0, 0.1) is 11.8 Å². The first-order valence-electron chi connectivity index (χ1n) is 7.78. The second-order valence-corrected chi connectivity index (χ2v) is 6.40. The molecule has 3 unspecified atom stereocenters. The van der Waals surface area contributed by atoms with Gasteiger partial charge in [-0.3, -0.25) is 4.79 Å². The van der Waals surface area contributed by atoms with Crippen molar-refractivity contribution in [2.24, 2.45) is 11.8 Å². The fraction of sp³-hybridized carbons (Fsp3) is 0.588. The van der Waals surface area contributed by atoms with Crippen LogP contribution < -0.4 is 10.6 Å². The van der Waals surface area contributed by atoms with Crippen LogP contribution in [-0.4, -0.2) is 18.5 Å². The van der Waals surface area contributed by atoms with Gasteiger partial charge in [0.2, 0.25) is 0 Å². The molecule has 1 fully saturated rings. The van der Waals surface area contributed by atoms with E-state index in [0.29, 0.717) is 17.9 Å². The predicted octanol–water partition coefficient (Wildman–Crippen LogP) is 2.50. The highest BCUT2D eigenvalue weighted by Crippen LogP contribution is 2.31. The Morgan fingerprint density at radius 2 is 2.10 bits per heavy atom. The maximum absolute atomic E-state index is 12.4. The first kappa shape index (κ1) is 13.6. The second-order valence-electron chi connectivity index (χ2n) is 6.40. The van der Waals surface area contributed by atoms with E-state index in [1.165, 1.54) is 17.5 Å². The van der Waals surface area contributed by atoms with Crippen LogP contribution in [0.4, 0.5) is 0 Å². The van der Waals surface area contributed by atoms with E-state index in [2.05, 4.69) is 36.6 Å². The third-order valence-electron chi connectivity index (χ3n) is 5.14. The van der Waals surface area contributed by atoms with Gasteiger partial charge >= 0.3 is 0 Å². The third-order valence-corrected chi connectivity index (χ3v) is 5.14. The van der Waals surface area contributed by atoms with Gasteiger partial charge in [-0.15, -0.1) is 0 Å². The Labute approximate surface area is 121 Å². The zero-order valence-electron chi connectivity index (χ0n) is 12.4. The van der Waals surface area contributed by atoms with Crippen molar-refractivity contribution in [3.63, 3.8) is 0 Å². The van der Waals surface area contributed by atoms with Crippen LogP contribution in [0.2, 0.25) is 0 Å². The minimum atomic E-state index is 0.0873. The van der Waals surface area contributed by atoms with Crippen LogP contribution in [0.3, 0.4) is 0 Å². The summed E-state index contributed by atoms with van der Waals surface area (Å²) in [6.45, 7) is 6.45. The van der Waals surface area contributed by atoms with Crippen molar-refractivity contribution < 1.29 is 4.79 Å². The molecule has 2 N–H and O–H groups in total. The molecule has 3 rings (SSSR count). The van der Waals surface area contributed by atoms with Crippen LogP contribution in [0.15, 0.2) is 18.2 Å². The van der Waals surface area contributed by atoms with Crippen LogP contribution >= 0.6 is 0 Å². The lowest BCUT2D eigenvalue weighted by Crippen LogP contribution is -2.37. The van der Waals surface area contributed by atoms with Gasteiger partial charge in [-0.2, -0.15) is 0 Å². The highest BCUT2D eigenvalue weighted by Gasteiger charge is 2.30. The summed E-state index contributed by atoms with van der Waals surface area (Å²) in [7, 11) is 0. The normalized spacial score (nSPS) is 29.0. The van der Waals surface area contributed by atoms with Crippen LogP contribution in [0.25, 0.3) is 0 Å². The number of carbonyl (C=O) groups is 1. The summed E-state index contributed by atoms with van der Waals surface area (Å²) in [6, 6.07) is 6.49. The number of benzene rings is 1. The predicted molar refractivity (Wildman–Crippen MR) is 80.7 cm³/mol. The summed E-state index contributed by atoms with van der Waals surface area (Å²) in [5, 5.41) is 6.58. The Hall–Kier alpha value is -1.35. The standard InChI is InChI=1S/C17H24N2O/c1-11-3-6-16(12(11)2)19-17(20)14-5-4-13-7-8-18-10-15(13)9-14/h4-5,9,11-12,16,18H,3,6-8,10H2,1-2H3,(H,19,20). The van der Waals surface area contributed by atoms with Gasteiger partial charge in [0.1, 0.15) is 0 Å². The van der Waals surface area contributed by atoms with Gasteiger partial charge in [-0.05, 0) is 60.9 Å². The highest BCUT2D eigenvalue weighted by molar-refractivity contribution is 5.94. The molecule has 1 aliphatic heterocycles. The molecule has 1 heterocycles. The van der Waals surface area contributed by atoms with Gasteiger partial charge in [0.05, 0.1) is 0 Å². The van der Waals surface area contributed by atoms with Crippen LogP contribution in [-0.2, 0) is 13.0 Å². The smallest absolute Gasteiger partial charge is 0.251 e. The van der Waals surface area contributed by atoms with Crippen molar-refractivity contribution in [2.75, 3.05) is 6.54 Å². The van der Waals surface area contributed by atoms with E-state index in [9.17, 15) is 4.79 Å². The second kappa shape index (κ2) is 5.57. The molecule has 3 nitrogen and oxygen atoms in total. The summed E-state index contributed by atoms with van der Waals surface area (Å²) in [6.07, 6.45) is 3.40. The summed E-state index contributed by atoms with van der Waals surface area (Å²) in [4.78, 5) is 12.4. The van der Waals surface area contributed by atoms with E-state index >= 15 is 0 Å². The lowest BCUT2D eigenvalue weighted by Gasteiger charge is -2.21. The molecule has 2 aliphatic rings. The summed E-state index contributed by atoms with van der Waals surface area (Å²) >= 11 is 0. The Kier molecular flexibility index (Phi) is 3.79. The van der Waals surface area contributed by atoms with Gasteiger partial charge in [0, 0.05) is 18.2 Å². The summed E-state index contributed by atoms with van der Waals surface area (Å²) in [5.74, 6) is 1.38. The molecule has 1 aromatic rings. The minimum absolute atomic E-state index is 0.0873. The zero-order chi connectivity index (χ0) is 14.1. The Balaban J connectivity index is 1.71. The van der Waals surface area contributed by atoms with Crippen molar-refractivity contribution in [1.82, 2.24) is 10.6 Å². The van der Waals surface area contributed by atoms with E-state index < -0.39 is 0 Å². The highest BCUT2D eigenvalue weighted by atomic mass is 16.1. The van der Waals surface area contributed by atoms with Crippen molar-refractivity contribution in [3.05, 3.63) is 34.9 Å². The molecule has 0 spiro atoms. The molecule has 3 atom stereocenters. The monoisotopic (exact) mass is 272 g/mol. The van der Waals surface area contributed by atoms with E-state index in [-0.39, 0.29) is 5.91 Å². The summed E-state index contributed by atoms with van der Waals surface area (Å²) < 4.78 is 0. The average molecular weight is 272 g/mol. The molecule has 20 heavy (non-hydrogen) atoms. The molecule has 1 saturated carbocycles. The Bertz CT molecular complexity index is 512. The molecule has 108 valence electrons. The number of rotatable bonds is 2. The SMILES string of the molecule is CC1CCC(NC(=O)c2ccc3c(c2)CNCC3)C1C. The number of carbonyl (C=O) groups excluding carboxylic acids is 1. The maximum Gasteiger partial charge on any atom is 0.251 e. The van der Waals surface area contributed by atoms with Gasteiger partial charge in [-0.25, -0.2) is 0 Å². The van der Waals surface area contributed by atoms with Crippen LogP contribution in [0.5, 0.6) is 0 Å². The molecular formula is C17H24N2O. The lowest BCUT2D eigenvalue weighted by molar-refractivity contribution is 0.0927. The molecule has 1 amide bonds. The first-order chi connectivity index (χ1) is 9.65. The maximum atomic E-state index is 12.4. The van der Waals surface area contributed by atoms with E-state index in [4.69, 9.17) is 0 Å². The molecule has 1 aromatic carbocycles. The topological polar surface area (TPSA) is 41.1 Å². The molecule has 0 aromatic heterocycles. The number of fused-ring (bicyclic) bond motifs is 1. The third kappa shape index (κ3) is 2.59. The fourth-order valence-corrected chi connectivity index (χ4v) is 3.44. The van der Waals surface area contributed by atoms with Crippen molar-refractivity contribution in [2.45, 2.75) is 45.7 Å². The largest absolute Gasteiger partial charge is 0.349 e. The average Bonchev–Trinajstić information content (AvgIpc) is 2.78. The quantitative estimate of drug-likeness (QED) is 0.868. The van der Waals surface area contributed by atoms with Crippen molar-refractivity contribution in [1.29, 1.82) is 0 Å². The molecular weight excluding hydrogens is 248 g/mol. The Morgan fingerprint density at radius 1 is 1.25 bits per heavy atom. The number of hydrogen-bond donors (Lipinski definition) is 2. The fourth-order valence-electron chi connectivity index (χ4n) is 3.44. The molecule has 0 bridgehead atoms. The van der Waals surface area contributed by atoms with E-state index in [1.54, 1.807) is 0 Å². The van der Waals surface area contributed by atoms with Gasteiger partial charge in [-0.1, -0.05) is 19.9 Å². The molecule has 3 heteroatoms. The molecule has 0 radical (unpaired) electrons. The number of nitrogens with one attached hydrogen (secondary N) is 2. The zero-order valence-corrected chi connectivity index (χ0v) is 12.4. The summed E-state index contributed by atoms with van der Waals surface area (Å²) in [5.41, 5.74) is 3.46. The van der Waals surface area contributed by atoms with Crippen molar-refractivity contribution in [3.8, 4) is 0 Å². The van der Waals surface area contributed by atoms with Gasteiger partial charge < -0.3 is 10.6 Å². The minimum Gasteiger partial charge on any atom is -0.349 e. The number of hydrogen-bond acceptors (Lipinski definition) is 2. The first-order valence-corrected chi connectivity index (χ1v) is 7.78.